The summed E-state index contributed by atoms with van der Waals surface area (Å²) in [5.41, 5.74) is 8.63. The van der Waals surface area contributed by atoms with Gasteiger partial charge in [-0.1, -0.05) is 13.0 Å². The van der Waals surface area contributed by atoms with Crippen LogP contribution >= 0.6 is 0 Å². The van der Waals surface area contributed by atoms with Gasteiger partial charge in [-0.25, -0.2) is 8.42 Å². The van der Waals surface area contributed by atoms with E-state index in [9.17, 15) is 8.42 Å². The molecule has 0 bridgehead atoms. The van der Waals surface area contributed by atoms with Gasteiger partial charge in [0.1, 0.15) is 0 Å². The van der Waals surface area contributed by atoms with E-state index in [0.29, 0.717) is 17.8 Å². The third-order valence-corrected chi connectivity index (χ3v) is 3.96. The Bertz CT molecular complexity index is 481. The van der Waals surface area contributed by atoms with Gasteiger partial charge < -0.3 is 5.73 Å². The minimum atomic E-state index is -3.28. The molecule has 0 atom stereocenters. The second kappa shape index (κ2) is 4.74. The van der Waals surface area contributed by atoms with Gasteiger partial charge in [-0.3, -0.25) is 4.72 Å². The minimum Gasteiger partial charge on any atom is -0.397 e. The zero-order valence-corrected chi connectivity index (χ0v) is 10.7. The molecule has 4 nitrogen and oxygen atoms in total. The topological polar surface area (TPSA) is 72.2 Å². The van der Waals surface area contributed by atoms with Gasteiger partial charge in [0.25, 0.3) is 0 Å². The van der Waals surface area contributed by atoms with Crippen LogP contribution in [-0.2, 0) is 10.0 Å². The first-order valence-electron chi connectivity index (χ1n) is 5.23. The summed E-state index contributed by atoms with van der Waals surface area (Å²) in [5, 5.41) is 0. The quantitative estimate of drug-likeness (QED) is 0.794. The summed E-state index contributed by atoms with van der Waals surface area (Å²) < 4.78 is 25.8. The van der Waals surface area contributed by atoms with E-state index in [1.807, 2.05) is 26.8 Å². The molecule has 0 heterocycles. The molecule has 0 aliphatic carbocycles. The van der Waals surface area contributed by atoms with Crippen molar-refractivity contribution >= 4 is 21.4 Å². The number of rotatable bonds is 4. The number of aryl methyl sites for hydroxylation is 1. The Morgan fingerprint density at radius 1 is 1.31 bits per heavy atom. The number of hydrogen-bond donors (Lipinski definition) is 2. The van der Waals surface area contributed by atoms with Gasteiger partial charge in [0.15, 0.2) is 0 Å². The molecule has 0 aromatic heterocycles. The van der Waals surface area contributed by atoms with Crippen molar-refractivity contribution in [2.45, 2.75) is 27.2 Å². The number of benzene rings is 1. The number of nitrogens with one attached hydrogen (secondary N) is 1. The fourth-order valence-corrected chi connectivity index (χ4v) is 2.67. The van der Waals surface area contributed by atoms with E-state index < -0.39 is 10.0 Å². The van der Waals surface area contributed by atoms with Gasteiger partial charge in [-0.05, 0) is 37.5 Å². The largest absolute Gasteiger partial charge is 0.397 e. The molecule has 1 aromatic rings. The third kappa shape index (κ3) is 2.88. The molecule has 0 saturated carbocycles. The second-order valence-electron chi connectivity index (χ2n) is 3.89. The molecule has 0 amide bonds. The highest BCUT2D eigenvalue weighted by molar-refractivity contribution is 7.92. The Kier molecular flexibility index (Phi) is 3.80. The Hall–Kier alpha value is -1.23. The Balaban J connectivity index is 3.11. The summed E-state index contributed by atoms with van der Waals surface area (Å²) in [7, 11) is -3.28. The zero-order chi connectivity index (χ0) is 12.3. The summed E-state index contributed by atoms with van der Waals surface area (Å²) in [6.07, 6.45) is 0.583. The van der Waals surface area contributed by atoms with Crippen molar-refractivity contribution in [3.8, 4) is 0 Å². The Morgan fingerprint density at radius 3 is 2.50 bits per heavy atom. The summed E-state index contributed by atoms with van der Waals surface area (Å²) in [5.74, 6) is 0.111. The van der Waals surface area contributed by atoms with Crippen LogP contribution < -0.4 is 10.5 Å². The number of hydrogen-bond acceptors (Lipinski definition) is 3. The molecule has 0 radical (unpaired) electrons. The Labute approximate surface area is 96.9 Å². The molecule has 0 spiro atoms. The first kappa shape index (κ1) is 12.8. The Morgan fingerprint density at radius 2 is 1.94 bits per heavy atom. The highest BCUT2D eigenvalue weighted by atomic mass is 32.2. The van der Waals surface area contributed by atoms with Crippen LogP contribution in [0.1, 0.15) is 24.5 Å². The van der Waals surface area contributed by atoms with E-state index in [1.54, 1.807) is 6.07 Å². The van der Waals surface area contributed by atoms with Crippen LogP contribution in [-0.4, -0.2) is 14.2 Å². The number of nitrogens with two attached hydrogens (primary N) is 1. The maximum atomic E-state index is 11.6. The molecule has 3 N–H and O–H groups in total. The van der Waals surface area contributed by atoms with Crippen molar-refractivity contribution in [1.82, 2.24) is 0 Å². The summed E-state index contributed by atoms with van der Waals surface area (Å²) in [4.78, 5) is 0. The molecular weight excluding hydrogens is 224 g/mol. The minimum absolute atomic E-state index is 0.111. The van der Waals surface area contributed by atoms with Gasteiger partial charge in [-0.2, -0.15) is 0 Å². The van der Waals surface area contributed by atoms with Gasteiger partial charge in [-0.15, -0.1) is 0 Å². The van der Waals surface area contributed by atoms with Crippen molar-refractivity contribution in [3.63, 3.8) is 0 Å². The van der Waals surface area contributed by atoms with Gasteiger partial charge in [0.2, 0.25) is 10.0 Å². The van der Waals surface area contributed by atoms with Crippen LogP contribution in [0.4, 0.5) is 11.4 Å². The van der Waals surface area contributed by atoms with Crippen LogP contribution in [0.15, 0.2) is 12.1 Å². The zero-order valence-electron chi connectivity index (χ0n) is 9.87. The SMILES string of the molecule is CCCS(=O)(=O)Nc1c(N)ccc(C)c1C. The summed E-state index contributed by atoms with van der Waals surface area (Å²) in [6.45, 7) is 5.60. The average Bonchev–Trinajstić information content (AvgIpc) is 2.19. The van der Waals surface area contributed by atoms with Crippen molar-refractivity contribution in [2.24, 2.45) is 0 Å². The van der Waals surface area contributed by atoms with Crippen LogP contribution in [0.5, 0.6) is 0 Å². The first-order valence-corrected chi connectivity index (χ1v) is 6.88. The maximum Gasteiger partial charge on any atom is 0.232 e. The molecule has 0 saturated heterocycles. The van der Waals surface area contributed by atoms with Gasteiger partial charge in [0, 0.05) is 0 Å². The molecule has 1 rings (SSSR count). The fraction of sp³-hybridized carbons (Fsp3) is 0.455. The predicted molar refractivity (Wildman–Crippen MR) is 68.0 cm³/mol. The van der Waals surface area contributed by atoms with Crippen molar-refractivity contribution in [3.05, 3.63) is 23.3 Å². The van der Waals surface area contributed by atoms with Crippen molar-refractivity contribution in [1.29, 1.82) is 0 Å². The molecule has 90 valence electrons. The summed E-state index contributed by atoms with van der Waals surface area (Å²) in [6, 6.07) is 3.59. The molecule has 0 aliphatic rings. The summed E-state index contributed by atoms with van der Waals surface area (Å²) >= 11 is 0. The lowest BCUT2D eigenvalue weighted by atomic mass is 10.1. The van der Waals surface area contributed by atoms with Crippen molar-refractivity contribution in [2.75, 3.05) is 16.2 Å². The lowest BCUT2D eigenvalue weighted by Gasteiger charge is -2.14. The number of nitrogen functional groups attached to an aromatic ring is 1. The standard InChI is InChI=1S/C11H18N2O2S/c1-4-7-16(14,15)13-11-9(3)8(2)5-6-10(11)12/h5-6,13H,4,7,12H2,1-3H3. The van der Waals surface area contributed by atoms with E-state index in [4.69, 9.17) is 5.73 Å². The lowest BCUT2D eigenvalue weighted by Crippen LogP contribution is -2.18. The van der Waals surface area contributed by atoms with E-state index in [0.717, 1.165) is 11.1 Å². The highest BCUT2D eigenvalue weighted by Gasteiger charge is 2.13. The third-order valence-electron chi connectivity index (χ3n) is 2.50. The number of sulfonamides is 1. The molecule has 0 aliphatic heterocycles. The maximum absolute atomic E-state index is 11.6. The normalized spacial score (nSPS) is 11.4. The molecule has 16 heavy (non-hydrogen) atoms. The van der Waals surface area contributed by atoms with Gasteiger partial charge in [0.05, 0.1) is 17.1 Å². The molecule has 0 unspecified atom stereocenters. The second-order valence-corrected chi connectivity index (χ2v) is 5.73. The molecular formula is C11H18N2O2S. The van der Waals surface area contributed by atoms with Gasteiger partial charge >= 0.3 is 0 Å². The van der Waals surface area contributed by atoms with E-state index in [1.165, 1.54) is 0 Å². The molecule has 1 aromatic carbocycles. The van der Waals surface area contributed by atoms with E-state index >= 15 is 0 Å². The van der Waals surface area contributed by atoms with Crippen LogP contribution in [0.3, 0.4) is 0 Å². The number of anilines is 2. The molecule has 5 heteroatoms. The van der Waals surface area contributed by atoms with Crippen LogP contribution in [0, 0.1) is 13.8 Å². The first-order chi connectivity index (χ1) is 7.37. The monoisotopic (exact) mass is 242 g/mol. The smallest absolute Gasteiger partial charge is 0.232 e. The lowest BCUT2D eigenvalue weighted by molar-refractivity contribution is 0.600. The van der Waals surface area contributed by atoms with Crippen LogP contribution in [0.25, 0.3) is 0 Å². The fourth-order valence-electron chi connectivity index (χ4n) is 1.45. The highest BCUT2D eigenvalue weighted by Crippen LogP contribution is 2.26. The van der Waals surface area contributed by atoms with E-state index in [2.05, 4.69) is 4.72 Å². The predicted octanol–water partition coefficient (Wildman–Crippen LogP) is 2.04. The molecule has 0 fully saturated rings. The van der Waals surface area contributed by atoms with Crippen molar-refractivity contribution < 1.29 is 8.42 Å². The average molecular weight is 242 g/mol. The van der Waals surface area contributed by atoms with E-state index in [-0.39, 0.29) is 5.75 Å². The van der Waals surface area contributed by atoms with Crippen LogP contribution in [0.2, 0.25) is 0 Å².